The predicted octanol–water partition coefficient (Wildman–Crippen LogP) is 19.7. The number of hydrogen-bond acceptors (Lipinski definition) is 6. The molecule has 0 fully saturated rings. The van der Waals surface area contributed by atoms with Gasteiger partial charge in [0.15, 0.2) is 0 Å². The molecule has 0 spiro atoms. The molecule has 0 aliphatic carbocycles. The zero-order valence-corrected chi connectivity index (χ0v) is 52.0. The van der Waals surface area contributed by atoms with Crippen molar-refractivity contribution >= 4 is 19.7 Å². The molecule has 0 aliphatic rings. The summed E-state index contributed by atoms with van der Waals surface area (Å²) in [6, 6.07) is -0.868. The molecule has 10 heteroatoms. The lowest BCUT2D eigenvalue weighted by atomic mass is 10.0. The van der Waals surface area contributed by atoms with E-state index < -0.39 is 20.0 Å². The summed E-state index contributed by atoms with van der Waals surface area (Å²) in [5.74, 6) is -0.540. The third-order valence-corrected chi connectivity index (χ3v) is 14.5. The molecule has 0 bridgehead atoms. The first-order valence-electron chi connectivity index (χ1n) is 31.7. The van der Waals surface area contributed by atoms with E-state index in [1.807, 2.05) is 33.3 Å². The normalized spacial score (nSPS) is 14.4. The Morgan fingerprint density at radius 3 is 1.33 bits per heavy atom. The van der Waals surface area contributed by atoms with Crippen molar-refractivity contribution in [1.82, 2.24) is 5.32 Å². The summed E-state index contributed by atoms with van der Waals surface area (Å²) >= 11 is 0. The minimum Gasteiger partial charge on any atom is -0.456 e. The highest BCUT2D eigenvalue weighted by Crippen LogP contribution is 2.43. The fourth-order valence-corrected chi connectivity index (χ4v) is 9.32. The van der Waals surface area contributed by atoms with Gasteiger partial charge in [-0.15, -0.1) is 0 Å². The van der Waals surface area contributed by atoms with Crippen molar-refractivity contribution in [3.05, 3.63) is 109 Å². The Bertz CT molecular complexity index is 1700. The lowest BCUT2D eigenvalue weighted by molar-refractivity contribution is -0.870. The van der Waals surface area contributed by atoms with Crippen LogP contribution in [0, 0.1) is 0 Å². The average Bonchev–Trinajstić information content (AvgIpc) is 3.40. The van der Waals surface area contributed by atoms with Gasteiger partial charge in [0.05, 0.1) is 33.8 Å². The van der Waals surface area contributed by atoms with Gasteiger partial charge in [-0.2, -0.15) is 0 Å². The van der Waals surface area contributed by atoms with Gasteiger partial charge in [0.25, 0.3) is 0 Å². The molecule has 2 N–H and O–H groups in total. The summed E-state index contributed by atoms with van der Waals surface area (Å²) in [6.07, 6.45) is 78.0. The number of nitrogens with one attached hydrogen (secondary N) is 1. The number of unbranched alkanes of at least 4 members (excludes halogenated alkanes) is 25. The second kappa shape index (κ2) is 56.9. The van der Waals surface area contributed by atoms with Crippen molar-refractivity contribution in [2.24, 2.45) is 0 Å². The van der Waals surface area contributed by atoms with Crippen molar-refractivity contribution in [3.63, 3.8) is 0 Å². The van der Waals surface area contributed by atoms with Gasteiger partial charge < -0.3 is 19.4 Å². The Kier molecular flexibility index (Phi) is 54.5. The van der Waals surface area contributed by atoms with Crippen LogP contribution in [0.1, 0.15) is 258 Å². The van der Waals surface area contributed by atoms with Gasteiger partial charge in [-0.05, 0) is 109 Å². The molecule has 0 aromatic carbocycles. The molecule has 1 amide bonds. The molecule has 0 aliphatic heterocycles. The fourth-order valence-electron chi connectivity index (χ4n) is 8.58. The van der Waals surface area contributed by atoms with Gasteiger partial charge in [-0.1, -0.05) is 246 Å². The first kappa shape index (κ1) is 74.7. The summed E-state index contributed by atoms with van der Waals surface area (Å²) < 4.78 is 30.7. The monoisotopic (exact) mass is 1110 g/mol. The second-order valence-corrected chi connectivity index (χ2v) is 23.7. The highest BCUT2D eigenvalue weighted by atomic mass is 31.2. The van der Waals surface area contributed by atoms with Crippen LogP contribution in [0.3, 0.4) is 0 Å². The third kappa shape index (κ3) is 57.4. The molecule has 448 valence electrons. The van der Waals surface area contributed by atoms with E-state index in [9.17, 15) is 19.0 Å². The van der Waals surface area contributed by atoms with Gasteiger partial charge in [0.1, 0.15) is 19.3 Å². The zero-order chi connectivity index (χ0) is 57.2. The maximum absolute atomic E-state index is 13.6. The SMILES string of the molecule is CC/C=C\C/C=C\C/C=C\C/C=C\C/C=C\C/C=C\CCCCCCCCC(=O)NC(COP(=O)(O)OCC[N+](C)(C)C)C(/C=C\CCCCCCCCCCCC)OC(=O)CCCCCCCC/C=C/C=C/CCCCC. The summed E-state index contributed by atoms with van der Waals surface area (Å²) in [7, 11) is 1.46. The lowest BCUT2D eigenvalue weighted by Gasteiger charge is -2.27. The molecule has 0 aromatic rings. The van der Waals surface area contributed by atoms with Gasteiger partial charge >= 0.3 is 13.8 Å². The molecule has 0 saturated heterocycles. The highest BCUT2D eigenvalue weighted by Gasteiger charge is 2.30. The number of nitrogens with zero attached hydrogens (tertiary/aromatic N) is 1. The first-order valence-corrected chi connectivity index (χ1v) is 33.2. The van der Waals surface area contributed by atoms with Crippen LogP contribution in [0.5, 0.6) is 0 Å². The van der Waals surface area contributed by atoms with Crippen LogP contribution < -0.4 is 5.32 Å². The quantitative estimate of drug-likeness (QED) is 0.0156. The summed E-state index contributed by atoms with van der Waals surface area (Å²) in [6.45, 7) is 6.84. The number of phosphoric acid groups is 1. The number of hydrogen-bond donors (Lipinski definition) is 2. The van der Waals surface area contributed by atoms with E-state index in [-0.39, 0.29) is 31.5 Å². The molecule has 3 unspecified atom stereocenters. The number of carbonyl (C=O) groups excluding carboxylic acids is 2. The van der Waals surface area contributed by atoms with Crippen LogP contribution in [0.15, 0.2) is 109 Å². The van der Waals surface area contributed by atoms with E-state index in [1.165, 1.54) is 83.5 Å². The zero-order valence-electron chi connectivity index (χ0n) is 51.1. The van der Waals surface area contributed by atoms with E-state index in [0.717, 1.165) is 141 Å². The molecule has 3 atom stereocenters. The van der Waals surface area contributed by atoms with Crippen LogP contribution in [-0.4, -0.2) is 74.3 Å². The lowest BCUT2D eigenvalue weighted by Crippen LogP contribution is -2.47. The number of allylic oxidation sites excluding steroid dienone is 17. The van der Waals surface area contributed by atoms with Crippen LogP contribution in [-0.2, 0) is 27.9 Å². The molecule has 78 heavy (non-hydrogen) atoms. The Morgan fingerprint density at radius 2 is 0.859 bits per heavy atom. The average molecular weight is 1110 g/mol. The molecule has 0 rings (SSSR count). The third-order valence-electron chi connectivity index (χ3n) is 13.5. The number of phosphoric ester groups is 1. The highest BCUT2D eigenvalue weighted by molar-refractivity contribution is 7.47. The van der Waals surface area contributed by atoms with E-state index in [4.69, 9.17) is 13.8 Å². The molecule has 0 heterocycles. The number of ether oxygens (including phenoxy) is 1. The van der Waals surface area contributed by atoms with Crippen molar-refractivity contribution in [3.8, 4) is 0 Å². The maximum atomic E-state index is 13.6. The second-order valence-electron chi connectivity index (χ2n) is 22.2. The number of quaternary nitrogens is 1. The van der Waals surface area contributed by atoms with Crippen LogP contribution in [0.2, 0.25) is 0 Å². The van der Waals surface area contributed by atoms with Gasteiger partial charge in [0, 0.05) is 12.8 Å². The predicted molar refractivity (Wildman–Crippen MR) is 337 cm³/mol. The number of amides is 1. The molecular weight excluding hydrogens is 988 g/mol. The van der Waals surface area contributed by atoms with E-state index in [0.29, 0.717) is 17.4 Å². The van der Waals surface area contributed by atoms with E-state index >= 15 is 0 Å². The van der Waals surface area contributed by atoms with Crippen LogP contribution >= 0.6 is 7.82 Å². The molecule has 9 nitrogen and oxygen atoms in total. The van der Waals surface area contributed by atoms with Crippen molar-refractivity contribution in [1.29, 1.82) is 0 Å². The minimum absolute atomic E-state index is 0.0296. The van der Waals surface area contributed by atoms with Gasteiger partial charge in [0.2, 0.25) is 5.91 Å². The molecule has 0 aromatic heterocycles. The number of esters is 1. The summed E-state index contributed by atoms with van der Waals surface area (Å²) in [5, 5.41) is 3.05. The molecular formula is C68H120N2O7P+. The van der Waals surface area contributed by atoms with Gasteiger partial charge in [-0.25, -0.2) is 4.57 Å². The minimum atomic E-state index is -4.46. The number of rotatable bonds is 56. The maximum Gasteiger partial charge on any atom is 0.472 e. The Balaban J connectivity index is 5.23. The number of likely N-dealkylation sites (N-methyl/N-ethyl adjacent to an activating group) is 1. The standard InChI is InChI=1S/C68H119N2O7P/c1-7-10-13-16-19-22-25-28-30-31-32-33-34-35-36-37-38-39-41-42-45-48-51-54-57-60-67(71)69-65(64-76-78(73,74)75-63-62-70(4,5)6)66(59-56-53-50-47-44-27-24-21-18-15-12-9-3)77-68(72)61-58-55-52-49-46-43-40-29-26-23-20-17-14-11-8-2/h10,13,19-20,22-23,26,28-30,32-33,35-36,38-39,56,59,65-66H,7-9,11-12,14-18,21,24-25,27,31,34,37,40-55,57-58,60-64H2,1-6H3,(H-,69,71,73,74)/p+1/b13-10-,22-19-,23-20+,29-26+,30-28-,33-32-,36-35-,39-38-,59-56-. The van der Waals surface area contributed by atoms with Crippen LogP contribution in [0.4, 0.5) is 0 Å². The van der Waals surface area contributed by atoms with Crippen molar-refractivity contribution in [2.45, 2.75) is 270 Å². The van der Waals surface area contributed by atoms with E-state index in [2.05, 4.69) is 123 Å². The largest absolute Gasteiger partial charge is 0.472 e. The number of carbonyl (C=O) groups is 2. The molecule has 0 radical (unpaired) electrons. The van der Waals surface area contributed by atoms with Crippen molar-refractivity contribution in [2.75, 3.05) is 40.9 Å². The summed E-state index contributed by atoms with van der Waals surface area (Å²) in [5.41, 5.74) is 0. The topological polar surface area (TPSA) is 111 Å². The van der Waals surface area contributed by atoms with Crippen LogP contribution in [0.25, 0.3) is 0 Å². The fraction of sp³-hybridized carbons (Fsp3) is 0.706. The Hall–Kier alpha value is -3.33. The first-order chi connectivity index (χ1) is 37.9. The van der Waals surface area contributed by atoms with Gasteiger partial charge in [-0.3, -0.25) is 18.6 Å². The molecule has 0 saturated carbocycles. The summed E-state index contributed by atoms with van der Waals surface area (Å²) in [4.78, 5) is 37.7. The van der Waals surface area contributed by atoms with E-state index in [1.54, 1.807) is 0 Å². The Labute approximate surface area is 481 Å². The van der Waals surface area contributed by atoms with Crippen molar-refractivity contribution < 1.29 is 37.3 Å². The Morgan fingerprint density at radius 1 is 0.474 bits per heavy atom. The smallest absolute Gasteiger partial charge is 0.456 e.